The first-order chi connectivity index (χ1) is 42.7. The lowest BCUT2D eigenvalue weighted by atomic mass is 9.65. The Hall–Kier alpha value is -11.3. The average Bonchev–Trinajstić information content (AvgIpc) is 1.56. The third-order valence-electron chi connectivity index (χ3n) is 18.7. The van der Waals surface area contributed by atoms with Crippen LogP contribution in [0.2, 0.25) is 0 Å². The fourth-order valence-corrected chi connectivity index (χ4v) is 14.9. The zero-order valence-corrected chi connectivity index (χ0v) is 46.9. The molecule has 1 unspecified atom stereocenters. The summed E-state index contributed by atoms with van der Waals surface area (Å²) in [6.07, 6.45) is 0. The maximum atomic E-state index is 2.52. The van der Waals surface area contributed by atoms with Gasteiger partial charge in [0.2, 0.25) is 0 Å². The molecule has 1 atom stereocenters. The first-order valence-corrected chi connectivity index (χ1v) is 29.8. The molecule has 86 heavy (non-hydrogen) atoms. The summed E-state index contributed by atoms with van der Waals surface area (Å²) in [7, 11) is 0. The van der Waals surface area contributed by atoms with Crippen LogP contribution in [0.5, 0.6) is 0 Å². The molecule has 0 N–H and O–H groups in total. The van der Waals surface area contributed by atoms with Crippen molar-refractivity contribution in [3.63, 3.8) is 0 Å². The van der Waals surface area contributed by atoms with E-state index in [-0.39, 0.29) is 0 Å². The van der Waals surface area contributed by atoms with Crippen molar-refractivity contribution in [1.82, 2.24) is 9.13 Å². The molecule has 1 aliphatic carbocycles. The highest BCUT2D eigenvalue weighted by Crippen LogP contribution is 2.61. The predicted molar refractivity (Wildman–Crippen MR) is 360 cm³/mol. The van der Waals surface area contributed by atoms with E-state index >= 15 is 0 Å². The predicted octanol–water partition coefficient (Wildman–Crippen LogP) is 21.8. The summed E-state index contributed by atoms with van der Waals surface area (Å²) in [6, 6.07) is 119. The van der Waals surface area contributed by atoms with Crippen molar-refractivity contribution in [2.45, 2.75) is 5.41 Å². The van der Waals surface area contributed by atoms with E-state index in [1.807, 2.05) is 0 Å². The second-order valence-corrected chi connectivity index (χ2v) is 23.1. The van der Waals surface area contributed by atoms with Gasteiger partial charge in [-0.3, -0.25) is 0 Å². The number of hydrogen-bond donors (Lipinski definition) is 0. The molecule has 0 saturated carbocycles. The number of fused-ring (bicyclic) bond motifs is 16. The molecule has 0 fully saturated rings. The van der Waals surface area contributed by atoms with Gasteiger partial charge in [0.25, 0.3) is 0 Å². The first kappa shape index (κ1) is 48.3. The number of nitrogens with zero attached hydrogens (tertiary/aromatic N) is 3. The second-order valence-electron chi connectivity index (χ2n) is 23.1. The van der Waals surface area contributed by atoms with Crippen LogP contribution in [0.3, 0.4) is 0 Å². The fourth-order valence-electron chi connectivity index (χ4n) is 14.9. The molecule has 18 rings (SSSR count). The Morgan fingerprint density at radius 2 is 0.744 bits per heavy atom. The smallest absolute Gasteiger partial charge is 0.0754 e. The molecule has 0 saturated heterocycles. The van der Waals surface area contributed by atoms with Gasteiger partial charge >= 0.3 is 0 Å². The van der Waals surface area contributed by atoms with E-state index in [9.17, 15) is 0 Å². The van der Waals surface area contributed by atoms with Crippen LogP contribution in [0.4, 0.5) is 17.1 Å². The Morgan fingerprint density at radius 3 is 1.53 bits per heavy atom. The minimum atomic E-state index is -0.520. The van der Waals surface area contributed by atoms with Crippen molar-refractivity contribution < 1.29 is 0 Å². The van der Waals surface area contributed by atoms with Crippen molar-refractivity contribution in [3.8, 4) is 67.0 Å². The lowest BCUT2D eigenvalue weighted by Gasteiger charge is -2.39. The van der Waals surface area contributed by atoms with Gasteiger partial charge in [0.05, 0.1) is 38.9 Å². The van der Waals surface area contributed by atoms with Crippen LogP contribution in [0.15, 0.2) is 322 Å². The van der Waals surface area contributed by atoms with E-state index in [1.165, 1.54) is 116 Å². The number of para-hydroxylation sites is 6. The minimum absolute atomic E-state index is 0.520. The Kier molecular flexibility index (Phi) is 10.6. The minimum Gasteiger partial charge on any atom is -0.310 e. The standard InChI is InChI=1S/C83H53N3/c1-2-18-54(19-3-1)55-36-38-57(39-37-55)66-22-5-11-31-77(66)84(63-46-42-56(43-47-63)58-20-16-21-64(51-58)85-78-32-12-6-24-69(78)70-25-7-13-33-79(70)85)65-48-44-60-50-59(40-41-61(60)52-65)62-45-49-68-67-23-4-9-28-73(67)83(76(68)53-62)74-29-10-15-35-81(74)86-80-34-14-8-26-71(80)72-27-17-30-75(83)82(72)86/h1-53H. The molecule has 0 radical (unpaired) electrons. The van der Waals surface area contributed by atoms with Crippen LogP contribution in [0, 0.1) is 0 Å². The van der Waals surface area contributed by atoms with Gasteiger partial charge in [-0.1, -0.05) is 243 Å². The molecule has 2 aromatic heterocycles. The average molecular weight is 1090 g/mol. The van der Waals surface area contributed by atoms with E-state index in [1.54, 1.807) is 0 Å². The monoisotopic (exact) mass is 1090 g/mol. The van der Waals surface area contributed by atoms with Gasteiger partial charge in [-0.2, -0.15) is 0 Å². The Labute approximate surface area is 498 Å². The van der Waals surface area contributed by atoms with E-state index in [4.69, 9.17) is 0 Å². The van der Waals surface area contributed by atoms with Crippen molar-refractivity contribution >= 4 is 71.4 Å². The third-order valence-corrected chi connectivity index (χ3v) is 18.7. The second kappa shape index (κ2) is 18.9. The van der Waals surface area contributed by atoms with Crippen LogP contribution in [-0.2, 0) is 5.41 Å². The SMILES string of the molecule is c1ccc(-c2ccc(-c3ccccc3N(c3ccc(-c4cccc(-n5c6ccccc6c6ccccc65)c4)cc3)c3ccc4cc(-c5ccc6c(c5)C5(c7ccccc7-6)c6ccccc6-n6c7ccccc7c7cccc5c76)ccc4c3)cc2)cc1. The van der Waals surface area contributed by atoms with E-state index in [0.717, 1.165) is 45.0 Å². The Balaban J connectivity index is 0.754. The highest BCUT2D eigenvalue weighted by molar-refractivity contribution is 6.13. The molecular formula is C83H53N3. The molecule has 1 spiro atoms. The van der Waals surface area contributed by atoms with E-state index in [0.29, 0.717) is 0 Å². The van der Waals surface area contributed by atoms with Crippen LogP contribution >= 0.6 is 0 Å². The van der Waals surface area contributed by atoms with Crippen molar-refractivity contribution in [3.05, 3.63) is 344 Å². The van der Waals surface area contributed by atoms with Gasteiger partial charge in [0, 0.05) is 44.2 Å². The molecule has 0 amide bonds. The molecular weight excluding hydrogens is 1040 g/mol. The lowest BCUT2D eigenvalue weighted by Crippen LogP contribution is -2.33. The van der Waals surface area contributed by atoms with Gasteiger partial charge in [-0.15, -0.1) is 0 Å². The van der Waals surface area contributed by atoms with Crippen molar-refractivity contribution in [1.29, 1.82) is 0 Å². The molecule has 0 bridgehead atoms. The number of hydrogen-bond acceptors (Lipinski definition) is 1. The number of aromatic nitrogens is 2. The quantitative estimate of drug-likeness (QED) is 0.148. The summed E-state index contributed by atoms with van der Waals surface area (Å²) < 4.78 is 4.92. The Bertz CT molecular complexity index is 5360. The lowest BCUT2D eigenvalue weighted by molar-refractivity contribution is 0.749. The van der Waals surface area contributed by atoms with Gasteiger partial charge in [-0.25, -0.2) is 0 Å². The molecule has 400 valence electrons. The molecule has 3 heteroatoms. The summed E-state index contributed by atoms with van der Waals surface area (Å²) in [5, 5.41) is 7.44. The largest absolute Gasteiger partial charge is 0.310 e. The van der Waals surface area contributed by atoms with Crippen LogP contribution in [0.25, 0.3) is 121 Å². The third kappa shape index (κ3) is 7.09. The zero-order chi connectivity index (χ0) is 56.5. The maximum Gasteiger partial charge on any atom is 0.0754 e. The maximum absolute atomic E-state index is 2.52. The van der Waals surface area contributed by atoms with Gasteiger partial charge in [0.15, 0.2) is 0 Å². The topological polar surface area (TPSA) is 13.1 Å². The summed E-state index contributed by atoms with van der Waals surface area (Å²) in [5.41, 5.74) is 27.4. The van der Waals surface area contributed by atoms with Crippen LogP contribution in [0.1, 0.15) is 22.3 Å². The summed E-state index contributed by atoms with van der Waals surface area (Å²) in [6.45, 7) is 0. The molecule has 16 aromatic rings. The summed E-state index contributed by atoms with van der Waals surface area (Å²) >= 11 is 0. The number of benzene rings is 14. The zero-order valence-electron chi connectivity index (χ0n) is 46.9. The molecule has 2 aliphatic rings. The fraction of sp³-hybridized carbons (Fsp3) is 0.0120. The molecule has 14 aromatic carbocycles. The molecule has 3 nitrogen and oxygen atoms in total. The van der Waals surface area contributed by atoms with Crippen LogP contribution < -0.4 is 4.90 Å². The highest BCUT2D eigenvalue weighted by atomic mass is 15.1. The van der Waals surface area contributed by atoms with Gasteiger partial charge in [-0.05, 0) is 162 Å². The van der Waals surface area contributed by atoms with E-state index in [2.05, 4.69) is 336 Å². The number of rotatable bonds is 8. The highest BCUT2D eigenvalue weighted by Gasteiger charge is 2.51. The molecule has 3 heterocycles. The first-order valence-electron chi connectivity index (χ1n) is 29.8. The Morgan fingerprint density at radius 1 is 0.256 bits per heavy atom. The van der Waals surface area contributed by atoms with Gasteiger partial charge < -0.3 is 14.0 Å². The normalized spacial score (nSPS) is 13.9. The summed E-state index contributed by atoms with van der Waals surface area (Å²) in [4.78, 5) is 2.44. The van der Waals surface area contributed by atoms with Crippen molar-refractivity contribution in [2.75, 3.05) is 4.90 Å². The van der Waals surface area contributed by atoms with E-state index < -0.39 is 5.41 Å². The van der Waals surface area contributed by atoms with Crippen molar-refractivity contribution in [2.24, 2.45) is 0 Å². The molecule has 1 aliphatic heterocycles. The van der Waals surface area contributed by atoms with Gasteiger partial charge in [0.1, 0.15) is 0 Å². The van der Waals surface area contributed by atoms with Crippen LogP contribution in [-0.4, -0.2) is 9.13 Å². The summed E-state index contributed by atoms with van der Waals surface area (Å²) in [5.74, 6) is 0. The number of anilines is 3.